The Balaban J connectivity index is 1.30. The molecule has 0 aliphatic carbocycles. The van der Waals surface area contributed by atoms with Crippen molar-refractivity contribution >= 4 is 29.2 Å². The van der Waals surface area contributed by atoms with E-state index in [1.807, 2.05) is 0 Å². The fourth-order valence-corrected chi connectivity index (χ4v) is 3.55. The smallest absolute Gasteiger partial charge is 0.325 e. The van der Waals surface area contributed by atoms with Crippen molar-refractivity contribution in [2.24, 2.45) is 0 Å². The first kappa shape index (κ1) is 18.5. The zero-order valence-electron chi connectivity index (χ0n) is 15.2. The quantitative estimate of drug-likeness (QED) is 0.766. The summed E-state index contributed by atoms with van der Waals surface area (Å²) in [7, 11) is 0. The predicted molar refractivity (Wildman–Crippen MR) is 103 cm³/mol. The van der Waals surface area contributed by atoms with Crippen molar-refractivity contribution in [3.05, 3.63) is 47.9 Å². The number of ether oxygens (including phenoxy) is 1. The van der Waals surface area contributed by atoms with Crippen molar-refractivity contribution in [1.82, 2.24) is 19.8 Å². The van der Waals surface area contributed by atoms with Gasteiger partial charge in [-0.05, 0) is 24.3 Å². The lowest BCUT2D eigenvalue weighted by Crippen LogP contribution is -2.42. The molecule has 3 heterocycles. The Kier molecular flexibility index (Phi) is 5.29. The van der Waals surface area contributed by atoms with Gasteiger partial charge in [-0.2, -0.15) is 0 Å². The first-order chi connectivity index (χ1) is 13.6. The minimum absolute atomic E-state index is 0.0702. The van der Waals surface area contributed by atoms with Crippen LogP contribution in [0.4, 0.5) is 10.5 Å². The van der Waals surface area contributed by atoms with Gasteiger partial charge in [0.15, 0.2) is 0 Å². The molecule has 1 aromatic heterocycles. The highest BCUT2D eigenvalue weighted by molar-refractivity contribution is 6.30. The van der Waals surface area contributed by atoms with Gasteiger partial charge in [0.1, 0.15) is 12.6 Å². The average molecular weight is 402 g/mol. The van der Waals surface area contributed by atoms with E-state index in [4.69, 9.17) is 16.3 Å². The van der Waals surface area contributed by atoms with Gasteiger partial charge >= 0.3 is 6.03 Å². The topological polar surface area (TPSA) is 78.9 Å². The molecule has 0 N–H and O–H groups in total. The lowest BCUT2D eigenvalue weighted by Gasteiger charge is -2.22. The van der Waals surface area contributed by atoms with Crippen LogP contribution < -0.4 is 9.64 Å². The minimum atomic E-state index is -0.165. The molecule has 2 aliphatic rings. The number of likely N-dealkylation sites (tertiary alicyclic amines) is 1. The van der Waals surface area contributed by atoms with Gasteiger partial charge in [0.2, 0.25) is 11.8 Å². The van der Waals surface area contributed by atoms with E-state index >= 15 is 0 Å². The highest BCUT2D eigenvalue weighted by Gasteiger charge is 2.34. The molecule has 146 valence electrons. The maximum atomic E-state index is 12.7. The van der Waals surface area contributed by atoms with Crippen molar-refractivity contribution in [1.29, 1.82) is 0 Å². The molecular formula is C19H20ClN5O3. The van der Waals surface area contributed by atoms with E-state index in [9.17, 15) is 9.59 Å². The summed E-state index contributed by atoms with van der Waals surface area (Å²) >= 11 is 5.91. The van der Waals surface area contributed by atoms with Crippen LogP contribution in [0.15, 0.2) is 42.9 Å². The number of nitrogens with zero attached hydrogens (tertiary/aromatic N) is 5. The summed E-state index contributed by atoms with van der Waals surface area (Å²) in [5.41, 5.74) is 0.781. The summed E-state index contributed by atoms with van der Waals surface area (Å²) in [6.45, 7) is 2.22. The summed E-state index contributed by atoms with van der Waals surface area (Å²) < 4.78 is 5.76. The number of hydrogen-bond acceptors (Lipinski definition) is 5. The van der Waals surface area contributed by atoms with Crippen molar-refractivity contribution in [3.8, 4) is 5.88 Å². The molecular weight excluding hydrogens is 382 g/mol. The Bertz CT molecular complexity index is 848. The summed E-state index contributed by atoms with van der Waals surface area (Å²) in [4.78, 5) is 38.3. The normalized spacial score (nSPS) is 19.4. The lowest BCUT2D eigenvalue weighted by molar-refractivity contribution is -0.130. The van der Waals surface area contributed by atoms with Gasteiger partial charge < -0.3 is 14.5 Å². The summed E-state index contributed by atoms with van der Waals surface area (Å²) in [6, 6.07) is 6.95. The fourth-order valence-electron chi connectivity index (χ4n) is 3.42. The highest BCUT2D eigenvalue weighted by atomic mass is 35.5. The van der Waals surface area contributed by atoms with E-state index in [0.29, 0.717) is 37.1 Å². The largest absolute Gasteiger partial charge is 0.471 e. The molecule has 9 heteroatoms. The number of urea groups is 1. The molecule has 4 rings (SSSR count). The zero-order chi connectivity index (χ0) is 19.5. The molecule has 8 nitrogen and oxygen atoms in total. The number of halogens is 1. The first-order valence-electron chi connectivity index (χ1n) is 9.12. The lowest BCUT2D eigenvalue weighted by atomic mass is 10.3. The molecule has 28 heavy (non-hydrogen) atoms. The van der Waals surface area contributed by atoms with Crippen LogP contribution in [0.5, 0.6) is 5.88 Å². The molecule has 0 saturated carbocycles. The van der Waals surface area contributed by atoms with Crippen molar-refractivity contribution in [2.45, 2.75) is 12.5 Å². The van der Waals surface area contributed by atoms with Crippen molar-refractivity contribution < 1.29 is 14.3 Å². The number of amides is 3. The standard InChI is InChI=1S/C19H20ClN5O3/c20-14-1-3-15(4-2-14)25-10-9-24(19(25)27)13-18(26)23-8-5-16(12-23)28-17-11-21-6-7-22-17/h1-4,6-7,11,16H,5,8-10,12-13H2. The second-order valence-electron chi connectivity index (χ2n) is 6.74. The molecule has 2 aromatic rings. The molecule has 0 bridgehead atoms. The monoisotopic (exact) mass is 401 g/mol. The molecule has 1 unspecified atom stereocenters. The summed E-state index contributed by atoms with van der Waals surface area (Å²) in [5.74, 6) is 0.381. The van der Waals surface area contributed by atoms with E-state index in [1.54, 1.807) is 57.6 Å². The van der Waals surface area contributed by atoms with E-state index in [0.717, 1.165) is 12.1 Å². The molecule has 1 atom stereocenters. The van der Waals surface area contributed by atoms with Crippen molar-refractivity contribution in [2.75, 3.05) is 37.6 Å². The van der Waals surface area contributed by atoms with E-state index in [1.165, 1.54) is 0 Å². The molecule has 2 aliphatic heterocycles. The van der Waals surface area contributed by atoms with Crippen LogP contribution >= 0.6 is 11.6 Å². The summed E-state index contributed by atoms with van der Waals surface area (Å²) in [5, 5.41) is 0.620. The molecule has 1 aromatic carbocycles. The second-order valence-corrected chi connectivity index (χ2v) is 7.18. The van der Waals surface area contributed by atoms with Crippen LogP contribution in [0.2, 0.25) is 5.02 Å². The first-order valence-corrected chi connectivity index (χ1v) is 9.50. The number of hydrogen-bond donors (Lipinski definition) is 0. The van der Waals surface area contributed by atoms with Crippen LogP contribution in [0.3, 0.4) is 0 Å². The van der Waals surface area contributed by atoms with E-state index in [2.05, 4.69) is 9.97 Å². The zero-order valence-corrected chi connectivity index (χ0v) is 16.0. The highest BCUT2D eigenvalue weighted by Crippen LogP contribution is 2.23. The number of benzene rings is 1. The van der Waals surface area contributed by atoms with E-state index < -0.39 is 0 Å². The van der Waals surface area contributed by atoms with Crippen LogP contribution in [-0.2, 0) is 4.79 Å². The third kappa shape index (κ3) is 4.01. The van der Waals surface area contributed by atoms with Gasteiger partial charge in [0, 0.05) is 49.2 Å². The molecule has 2 saturated heterocycles. The maximum Gasteiger partial charge on any atom is 0.325 e. The Morgan fingerprint density at radius 1 is 1.18 bits per heavy atom. The number of rotatable bonds is 5. The van der Waals surface area contributed by atoms with Crippen LogP contribution in [0.25, 0.3) is 0 Å². The third-order valence-electron chi connectivity index (χ3n) is 4.88. The minimum Gasteiger partial charge on any atom is -0.471 e. The maximum absolute atomic E-state index is 12.7. The van der Waals surface area contributed by atoms with E-state index in [-0.39, 0.29) is 24.6 Å². The number of carbonyl (C=O) groups excluding carboxylic acids is 2. The Hall–Kier alpha value is -2.87. The average Bonchev–Trinajstić information content (AvgIpc) is 3.31. The van der Waals surface area contributed by atoms with Gasteiger partial charge in [-0.1, -0.05) is 11.6 Å². The molecule has 2 fully saturated rings. The number of anilines is 1. The van der Waals surface area contributed by atoms with Crippen LogP contribution in [-0.4, -0.2) is 70.5 Å². The predicted octanol–water partition coefficient (Wildman–Crippen LogP) is 2.05. The number of carbonyl (C=O) groups is 2. The fraction of sp³-hybridized carbons (Fsp3) is 0.368. The molecule has 0 spiro atoms. The molecule has 3 amide bonds. The van der Waals surface area contributed by atoms with Gasteiger partial charge in [0.05, 0.1) is 12.7 Å². The van der Waals surface area contributed by atoms with Gasteiger partial charge in [0.25, 0.3) is 0 Å². The Morgan fingerprint density at radius 2 is 2.00 bits per heavy atom. The van der Waals surface area contributed by atoms with Crippen LogP contribution in [0.1, 0.15) is 6.42 Å². The van der Waals surface area contributed by atoms with Gasteiger partial charge in [-0.3, -0.25) is 14.7 Å². The van der Waals surface area contributed by atoms with Gasteiger partial charge in [-0.15, -0.1) is 0 Å². The molecule has 0 radical (unpaired) electrons. The SMILES string of the molecule is O=C(CN1CCN(c2ccc(Cl)cc2)C1=O)N1CCC(Oc2cnccn2)C1. The van der Waals surface area contributed by atoms with Gasteiger partial charge in [-0.25, -0.2) is 9.78 Å². The number of aromatic nitrogens is 2. The Morgan fingerprint density at radius 3 is 2.75 bits per heavy atom. The Labute approximate surface area is 167 Å². The van der Waals surface area contributed by atoms with Crippen molar-refractivity contribution in [3.63, 3.8) is 0 Å². The second kappa shape index (κ2) is 8.02. The summed E-state index contributed by atoms with van der Waals surface area (Å²) in [6.07, 6.45) is 5.32. The third-order valence-corrected chi connectivity index (χ3v) is 5.14. The van der Waals surface area contributed by atoms with Crippen LogP contribution in [0, 0.1) is 0 Å².